The molecule has 242 valence electrons. The number of carbonyl (C=O) groups excluding carboxylic acids is 3. The number of amides is 1. The molecule has 3 aliphatic heterocycles. The number of aliphatic hydroxyl groups is 1. The molecular formula is C33H33F3N4O6. The molecule has 3 saturated heterocycles. The summed E-state index contributed by atoms with van der Waals surface area (Å²) >= 11 is 0. The Kier molecular flexibility index (Phi) is 9.44. The lowest BCUT2D eigenvalue weighted by Gasteiger charge is -2.52. The van der Waals surface area contributed by atoms with Gasteiger partial charge in [0, 0.05) is 24.1 Å². The molecule has 4 aromatic rings. The number of carboxylic acids is 1. The number of piperidine rings is 3. The van der Waals surface area contributed by atoms with Crippen molar-refractivity contribution < 1.29 is 47.0 Å². The fourth-order valence-corrected chi connectivity index (χ4v) is 6.28. The van der Waals surface area contributed by atoms with Gasteiger partial charge in [0.2, 0.25) is 5.60 Å². The minimum absolute atomic E-state index is 0.198. The highest BCUT2D eigenvalue weighted by atomic mass is 19.4. The molecule has 0 unspecified atom stereocenters. The Balaban J connectivity index is 0.000000537. The number of esters is 1. The number of quaternary nitrogens is 1. The van der Waals surface area contributed by atoms with Crippen molar-refractivity contribution in [3.8, 4) is 0 Å². The van der Waals surface area contributed by atoms with E-state index in [1.807, 2.05) is 60.7 Å². The van der Waals surface area contributed by atoms with Gasteiger partial charge in [-0.15, -0.1) is 0 Å². The first-order chi connectivity index (χ1) is 21.9. The molecule has 1 amide bonds. The molecular weight excluding hydrogens is 605 g/mol. The molecule has 3 fully saturated rings. The van der Waals surface area contributed by atoms with E-state index in [-0.39, 0.29) is 17.9 Å². The molecule has 1 atom stereocenters. The maximum atomic E-state index is 13.7. The number of hydrogen-bond acceptors (Lipinski definition) is 7. The summed E-state index contributed by atoms with van der Waals surface area (Å²) in [5.41, 5.74) is 0.314. The number of carbonyl (C=O) groups is 3. The fourth-order valence-electron chi connectivity index (χ4n) is 6.28. The molecule has 0 radical (unpaired) electrons. The van der Waals surface area contributed by atoms with Crippen molar-refractivity contribution in [2.75, 3.05) is 32.7 Å². The molecule has 46 heavy (non-hydrogen) atoms. The number of rotatable bonds is 8. The lowest BCUT2D eigenvalue weighted by molar-refractivity contribution is -0.945. The standard InChI is InChI=1S/C31H32N4O4.C2HF3O2/c36-29(28-25-13-7-8-14-26(25)33-34-28)32-17-20-35-18-15-22(16-19-35)27(21-35)39-30(37)31(38,23-9-3-1-4-10-23)24-11-5-2-6-12-24;3-2(4,5)1(6)7/h1-14,22,27,38H,15-21H2,(H-,32,33,34,36);(H,6,7)/t22?,27-,35?;/m1./s1. The average Bonchev–Trinajstić information content (AvgIpc) is 3.50. The van der Waals surface area contributed by atoms with Gasteiger partial charge in [-0.1, -0.05) is 78.9 Å². The number of ether oxygens (including phenoxy) is 1. The van der Waals surface area contributed by atoms with Crippen LogP contribution in [0.15, 0.2) is 84.9 Å². The van der Waals surface area contributed by atoms with Crippen molar-refractivity contribution in [3.63, 3.8) is 0 Å². The first-order valence-electron chi connectivity index (χ1n) is 14.8. The SMILES string of the molecule is O=C(NCC[N+]12CCC(CC1)[C@H](OC(=O)C(O)(c1ccccc1)c1ccccc1)C2)c1n[nH]c2ccccc12.O=C([O-])C(F)(F)F. The predicted octanol–water partition coefficient (Wildman–Crippen LogP) is 2.68. The molecule has 3 aliphatic rings. The van der Waals surface area contributed by atoms with Gasteiger partial charge in [0.05, 0.1) is 31.7 Å². The van der Waals surface area contributed by atoms with Crippen LogP contribution in [0.1, 0.15) is 34.5 Å². The van der Waals surface area contributed by atoms with Gasteiger partial charge in [-0.25, -0.2) is 4.79 Å². The normalized spacial score (nSPS) is 20.8. The minimum Gasteiger partial charge on any atom is -0.542 e. The molecule has 13 heteroatoms. The Hall–Kier alpha value is -4.75. The van der Waals surface area contributed by atoms with Crippen LogP contribution in [0.3, 0.4) is 0 Å². The molecule has 1 aromatic heterocycles. The summed E-state index contributed by atoms with van der Waals surface area (Å²) in [5, 5.41) is 31.6. The largest absolute Gasteiger partial charge is 0.542 e. The van der Waals surface area contributed by atoms with Crippen molar-refractivity contribution in [2.24, 2.45) is 5.92 Å². The Morgan fingerprint density at radius 1 is 0.935 bits per heavy atom. The van der Waals surface area contributed by atoms with Crippen LogP contribution in [0.25, 0.3) is 10.9 Å². The summed E-state index contributed by atoms with van der Waals surface area (Å²) in [7, 11) is 0. The van der Waals surface area contributed by atoms with E-state index >= 15 is 0 Å². The topological polar surface area (TPSA) is 144 Å². The number of halogens is 3. The van der Waals surface area contributed by atoms with Crippen molar-refractivity contribution in [3.05, 3.63) is 102 Å². The molecule has 0 saturated carbocycles. The van der Waals surface area contributed by atoms with Crippen LogP contribution in [0, 0.1) is 5.92 Å². The summed E-state index contributed by atoms with van der Waals surface area (Å²) in [6.07, 6.45) is -3.58. The first kappa shape index (κ1) is 32.6. The van der Waals surface area contributed by atoms with Crippen LogP contribution in [0.4, 0.5) is 13.2 Å². The molecule has 0 spiro atoms. The van der Waals surface area contributed by atoms with E-state index in [0.29, 0.717) is 29.9 Å². The molecule has 3 aromatic carbocycles. The zero-order valence-corrected chi connectivity index (χ0v) is 24.7. The summed E-state index contributed by atoms with van der Waals surface area (Å²) in [5.74, 6) is -3.57. The van der Waals surface area contributed by atoms with Gasteiger partial charge in [0.25, 0.3) is 5.91 Å². The number of H-pyrrole nitrogens is 1. The number of aromatic amines is 1. The second-order valence-electron chi connectivity index (χ2n) is 11.6. The molecule has 2 bridgehead atoms. The smallest absolute Gasteiger partial charge is 0.430 e. The minimum atomic E-state index is -5.19. The summed E-state index contributed by atoms with van der Waals surface area (Å²) in [6, 6.07) is 25.5. The zero-order chi connectivity index (χ0) is 33.0. The average molecular weight is 639 g/mol. The van der Waals surface area contributed by atoms with Crippen molar-refractivity contribution >= 4 is 28.7 Å². The number of alkyl halides is 3. The number of benzene rings is 3. The Labute approximate surface area is 262 Å². The van der Waals surface area contributed by atoms with Crippen LogP contribution < -0.4 is 10.4 Å². The van der Waals surface area contributed by atoms with E-state index in [4.69, 9.17) is 14.6 Å². The van der Waals surface area contributed by atoms with Crippen LogP contribution in [-0.4, -0.2) is 82.6 Å². The third-order valence-electron chi connectivity index (χ3n) is 8.77. The van der Waals surface area contributed by atoms with E-state index in [1.165, 1.54) is 0 Å². The highest BCUT2D eigenvalue weighted by Gasteiger charge is 2.50. The number of carboxylic acid groups (broad SMARTS) is 1. The number of para-hydroxylation sites is 1. The highest BCUT2D eigenvalue weighted by molar-refractivity contribution is 6.04. The summed E-state index contributed by atoms with van der Waals surface area (Å²) in [6.45, 7) is 3.90. The monoisotopic (exact) mass is 638 g/mol. The van der Waals surface area contributed by atoms with Gasteiger partial charge in [-0.2, -0.15) is 18.3 Å². The quantitative estimate of drug-likeness (QED) is 0.199. The molecule has 7 rings (SSSR count). The van der Waals surface area contributed by atoms with Gasteiger partial charge in [0.1, 0.15) is 12.5 Å². The highest BCUT2D eigenvalue weighted by Crippen LogP contribution is 2.38. The van der Waals surface area contributed by atoms with E-state index in [2.05, 4.69) is 15.5 Å². The molecule has 10 nitrogen and oxygen atoms in total. The third-order valence-corrected chi connectivity index (χ3v) is 8.77. The maximum absolute atomic E-state index is 13.7. The first-order valence-corrected chi connectivity index (χ1v) is 14.8. The van der Waals surface area contributed by atoms with Gasteiger partial charge in [-0.3, -0.25) is 9.89 Å². The summed E-state index contributed by atoms with van der Waals surface area (Å²) < 4.78 is 38.5. The third kappa shape index (κ3) is 6.90. The van der Waals surface area contributed by atoms with E-state index in [0.717, 1.165) is 47.9 Å². The Morgan fingerprint density at radius 3 is 2.04 bits per heavy atom. The van der Waals surface area contributed by atoms with E-state index in [1.54, 1.807) is 24.3 Å². The second kappa shape index (κ2) is 13.3. The van der Waals surface area contributed by atoms with E-state index < -0.39 is 23.7 Å². The Morgan fingerprint density at radius 2 is 1.48 bits per heavy atom. The fraction of sp³-hybridized carbons (Fsp3) is 0.333. The lowest BCUT2D eigenvalue weighted by Crippen LogP contribution is -2.66. The van der Waals surface area contributed by atoms with Gasteiger partial charge in [-0.05, 0) is 17.2 Å². The number of aliphatic carboxylic acids is 1. The van der Waals surface area contributed by atoms with Crippen LogP contribution in [-0.2, 0) is 19.9 Å². The lowest BCUT2D eigenvalue weighted by atomic mass is 9.82. The number of hydrogen-bond donors (Lipinski definition) is 3. The van der Waals surface area contributed by atoms with Gasteiger partial charge in [0.15, 0.2) is 11.8 Å². The van der Waals surface area contributed by atoms with Crippen molar-refractivity contribution in [1.82, 2.24) is 15.5 Å². The van der Waals surface area contributed by atoms with Gasteiger partial charge >= 0.3 is 12.1 Å². The van der Waals surface area contributed by atoms with Crippen molar-refractivity contribution in [1.29, 1.82) is 0 Å². The number of nitrogens with zero attached hydrogens (tertiary/aromatic N) is 2. The second-order valence-corrected chi connectivity index (χ2v) is 11.6. The van der Waals surface area contributed by atoms with Crippen LogP contribution >= 0.6 is 0 Å². The number of aromatic nitrogens is 2. The van der Waals surface area contributed by atoms with Crippen molar-refractivity contribution in [2.45, 2.75) is 30.7 Å². The number of fused-ring (bicyclic) bond motifs is 4. The van der Waals surface area contributed by atoms with E-state index in [9.17, 15) is 27.9 Å². The summed E-state index contributed by atoms with van der Waals surface area (Å²) in [4.78, 5) is 35.4. The molecule has 3 N–H and O–H groups in total. The number of nitrogens with one attached hydrogen (secondary N) is 2. The molecule has 4 heterocycles. The van der Waals surface area contributed by atoms with Gasteiger partial charge < -0.3 is 29.5 Å². The van der Waals surface area contributed by atoms with Crippen LogP contribution in [0.5, 0.6) is 0 Å². The molecule has 0 aliphatic carbocycles. The zero-order valence-electron chi connectivity index (χ0n) is 24.7. The maximum Gasteiger partial charge on any atom is 0.430 e. The predicted molar refractivity (Wildman–Crippen MR) is 158 cm³/mol. The Bertz CT molecular complexity index is 1630. The van der Waals surface area contributed by atoms with Crippen LogP contribution in [0.2, 0.25) is 0 Å².